The summed E-state index contributed by atoms with van der Waals surface area (Å²) in [4.78, 5) is 8.77. The van der Waals surface area contributed by atoms with Crippen LogP contribution in [-0.2, 0) is 10.0 Å². The Kier molecular flexibility index (Phi) is 4.58. The van der Waals surface area contributed by atoms with Gasteiger partial charge in [0, 0.05) is 25.5 Å². The van der Waals surface area contributed by atoms with Crippen LogP contribution in [0, 0.1) is 0 Å². The molecule has 1 aliphatic heterocycles. The zero-order chi connectivity index (χ0) is 16.3. The van der Waals surface area contributed by atoms with E-state index >= 15 is 0 Å². The maximum Gasteiger partial charge on any atom is 0.244 e. The van der Waals surface area contributed by atoms with E-state index in [9.17, 15) is 8.42 Å². The lowest BCUT2D eigenvalue weighted by molar-refractivity contribution is 0.477. The van der Waals surface area contributed by atoms with E-state index in [-0.39, 0.29) is 10.9 Å². The van der Waals surface area contributed by atoms with Crippen molar-refractivity contribution in [1.82, 2.24) is 14.3 Å². The van der Waals surface area contributed by atoms with E-state index in [4.69, 9.17) is 0 Å². The number of pyridine rings is 2. The van der Waals surface area contributed by atoms with Crippen molar-refractivity contribution in [3.8, 4) is 0 Å². The van der Waals surface area contributed by atoms with E-state index in [1.165, 1.54) is 10.5 Å². The highest BCUT2D eigenvalue weighted by Crippen LogP contribution is 2.22. The first-order chi connectivity index (χ1) is 11.1. The number of rotatable bonds is 5. The predicted octanol–water partition coefficient (Wildman–Crippen LogP) is 2.43. The lowest BCUT2D eigenvalue weighted by Crippen LogP contribution is -2.27. The Bertz CT molecular complexity index is 741. The summed E-state index contributed by atoms with van der Waals surface area (Å²) < 4.78 is 26.4. The van der Waals surface area contributed by atoms with Gasteiger partial charge in [-0.05, 0) is 44.0 Å². The van der Waals surface area contributed by atoms with Gasteiger partial charge < -0.3 is 5.32 Å². The fourth-order valence-electron chi connectivity index (χ4n) is 2.62. The zero-order valence-electron chi connectivity index (χ0n) is 13.0. The summed E-state index contributed by atoms with van der Waals surface area (Å²) >= 11 is 0. The van der Waals surface area contributed by atoms with E-state index < -0.39 is 10.0 Å². The van der Waals surface area contributed by atoms with Crippen molar-refractivity contribution in [3.05, 3.63) is 48.4 Å². The second kappa shape index (κ2) is 6.64. The first kappa shape index (κ1) is 15.9. The molecule has 1 aliphatic rings. The summed E-state index contributed by atoms with van der Waals surface area (Å²) in [5, 5.41) is 3.22. The molecule has 2 aromatic rings. The van der Waals surface area contributed by atoms with Gasteiger partial charge in [-0.1, -0.05) is 6.07 Å². The Balaban J connectivity index is 1.72. The fraction of sp³-hybridized carbons (Fsp3) is 0.375. The average molecular weight is 332 g/mol. The van der Waals surface area contributed by atoms with Crippen LogP contribution in [0.25, 0.3) is 0 Å². The van der Waals surface area contributed by atoms with Crippen LogP contribution < -0.4 is 5.32 Å². The number of hydrogen-bond acceptors (Lipinski definition) is 5. The molecule has 1 saturated heterocycles. The molecule has 0 radical (unpaired) electrons. The van der Waals surface area contributed by atoms with E-state index in [0.717, 1.165) is 18.5 Å². The van der Waals surface area contributed by atoms with Crippen LogP contribution in [0.4, 0.5) is 5.82 Å². The standard InChI is InChI=1S/C16H20N4O2S/c1-13(15-6-2-3-9-17-15)19-16-8-7-14(12-18-16)23(21,22)20-10-4-5-11-20/h2-3,6-9,12-13H,4-5,10-11H2,1H3,(H,18,19). The van der Waals surface area contributed by atoms with Gasteiger partial charge in [0.25, 0.3) is 0 Å². The predicted molar refractivity (Wildman–Crippen MR) is 88.5 cm³/mol. The van der Waals surface area contributed by atoms with Crippen molar-refractivity contribution in [2.24, 2.45) is 0 Å². The summed E-state index contributed by atoms with van der Waals surface area (Å²) in [6, 6.07) is 9.02. The molecule has 0 aromatic carbocycles. The molecule has 1 atom stereocenters. The van der Waals surface area contributed by atoms with Gasteiger partial charge in [0.15, 0.2) is 0 Å². The highest BCUT2D eigenvalue weighted by atomic mass is 32.2. The fourth-order valence-corrected chi connectivity index (χ4v) is 4.09. The minimum atomic E-state index is -3.41. The lowest BCUT2D eigenvalue weighted by Gasteiger charge is -2.16. The maximum absolute atomic E-state index is 12.4. The molecule has 1 N–H and O–H groups in total. The molecule has 0 spiro atoms. The van der Waals surface area contributed by atoms with Gasteiger partial charge in [0.2, 0.25) is 10.0 Å². The molecule has 0 amide bonds. The Hall–Kier alpha value is -1.99. The smallest absolute Gasteiger partial charge is 0.244 e. The Morgan fingerprint density at radius 2 is 1.91 bits per heavy atom. The Labute approximate surface area is 136 Å². The van der Waals surface area contributed by atoms with Crippen molar-refractivity contribution < 1.29 is 8.42 Å². The van der Waals surface area contributed by atoms with Crippen LogP contribution in [-0.4, -0.2) is 35.8 Å². The van der Waals surface area contributed by atoms with E-state index in [2.05, 4.69) is 15.3 Å². The molecule has 122 valence electrons. The monoisotopic (exact) mass is 332 g/mol. The third-order valence-electron chi connectivity index (χ3n) is 3.93. The normalized spacial score (nSPS) is 17.1. The van der Waals surface area contributed by atoms with Crippen LogP contribution in [0.15, 0.2) is 47.6 Å². The molecule has 3 rings (SSSR count). The number of hydrogen-bond donors (Lipinski definition) is 1. The highest BCUT2D eigenvalue weighted by Gasteiger charge is 2.27. The number of nitrogens with one attached hydrogen (secondary N) is 1. The van der Waals surface area contributed by atoms with E-state index in [1.54, 1.807) is 18.3 Å². The van der Waals surface area contributed by atoms with Crippen LogP contribution in [0.2, 0.25) is 0 Å². The van der Waals surface area contributed by atoms with E-state index in [1.807, 2.05) is 25.1 Å². The molecule has 0 bridgehead atoms. The van der Waals surface area contributed by atoms with Gasteiger partial charge in [-0.2, -0.15) is 4.31 Å². The zero-order valence-corrected chi connectivity index (χ0v) is 13.8. The highest BCUT2D eigenvalue weighted by molar-refractivity contribution is 7.89. The van der Waals surface area contributed by atoms with Crippen LogP contribution >= 0.6 is 0 Å². The van der Waals surface area contributed by atoms with Crippen molar-refractivity contribution in [2.45, 2.75) is 30.7 Å². The summed E-state index contributed by atoms with van der Waals surface area (Å²) in [6.45, 7) is 3.18. The lowest BCUT2D eigenvalue weighted by atomic mass is 10.2. The van der Waals surface area contributed by atoms with Crippen molar-refractivity contribution in [1.29, 1.82) is 0 Å². The molecule has 23 heavy (non-hydrogen) atoms. The molecule has 0 aliphatic carbocycles. The maximum atomic E-state index is 12.4. The first-order valence-corrected chi connectivity index (χ1v) is 9.15. The third-order valence-corrected chi connectivity index (χ3v) is 5.82. The number of sulfonamides is 1. The quantitative estimate of drug-likeness (QED) is 0.910. The van der Waals surface area contributed by atoms with Crippen molar-refractivity contribution in [2.75, 3.05) is 18.4 Å². The number of nitrogens with zero attached hydrogens (tertiary/aromatic N) is 3. The SMILES string of the molecule is CC(Nc1ccc(S(=O)(=O)N2CCCC2)cn1)c1ccccn1. The number of aromatic nitrogens is 2. The average Bonchev–Trinajstić information content (AvgIpc) is 3.11. The molecule has 0 saturated carbocycles. The molecular formula is C16H20N4O2S. The van der Waals surface area contributed by atoms with Gasteiger partial charge in [0.05, 0.1) is 11.7 Å². The molecule has 7 heteroatoms. The van der Waals surface area contributed by atoms with Crippen molar-refractivity contribution >= 4 is 15.8 Å². The van der Waals surface area contributed by atoms with Crippen LogP contribution in [0.5, 0.6) is 0 Å². The number of anilines is 1. The molecule has 2 aromatic heterocycles. The van der Waals surface area contributed by atoms with Crippen molar-refractivity contribution in [3.63, 3.8) is 0 Å². The van der Waals surface area contributed by atoms with E-state index in [0.29, 0.717) is 18.9 Å². The summed E-state index contributed by atoms with van der Waals surface area (Å²) in [5.41, 5.74) is 0.906. The largest absolute Gasteiger partial charge is 0.362 e. The van der Waals surface area contributed by atoms with Crippen LogP contribution in [0.3, 0.4) is 0 Å². The van der Waals surface area contributed by atoms with Gasteiger partial charge in [-0.25, -0.2) is 13.4 Å². The molecule has 1 fully saturated rings. The minimum Gasteiger partial charge on any atom is -0.362 e. The molecule has 6 nitrogen and oxygen atoms in total. The van der Waals surface area contributed by atoms with Gasteiger partial charge in [0.1, 0.15) is 10.7 Å². The van der Waals surface area contributed by atoms with Gasteiger partial charge in [-0.3, -0.25) is 4.98 Å². The summed E-state index contributed by atoms with van der Waals surface area (Å²) in [6.07, 6.45) is 5.01. The Morgan fingerprint density at radius 1 is 1.13 bits per heavy atom. The molecule has 3 heterocycles. The Morgan fingerprint density at radius 3 is 2.52 bits per heavy atom. The minimum absolute atomic E-state index is 0.00950. The van der Waals surface area contributed by atoms with Gasteiger partial charge in [-0.15, -0.1) is 0 Å². The van der Waals surface area contributed by atoms with Crippen LogP contribution in [0.1, 0.15) is 31.5 Å². The second-order valence-corrected chi connectivity index (χ2v) is 7.55. The first-order valence-electron chi connectivity index (χ1n) is 7.71. The third kappa shape index (κ3) is 3.51. The van der Waals surface area contributed by atoms with Gasteiger partial charge >= 0.3 is 0 Å². The molecular weight excluding hydrogens is 312 g/mol. The molecule has 1 unspecified atom stereocenters. The second-order valence-electron chi connectivity index (χ2n) is 5.61. The summed E-state index contributed by atoms with van der Waals surface area (Å²) in [7, 11) is -3.41. The topological polar surface area (TPSA) is 75.2 Å². The summed E-state index contributed by atoms with van der Waals surface area (Å²) in [5.74, 6) is 0.628.